The molecule has 0 saturated carbocycles. The maximum Gasteiger partial charge on any atom is 0.243 e. The fraction of sp³-hybridized carbons (Fsp3) is 0.850. The van der Waals surface area contributed by atoms with Gasteiger partial charge in [-0.1, -0.05) is 54.4 Å². The Labute approximate surface area is 158 Å². The van der Waals surface area contributed by atoms with Crippen molar-refractivity contribution in [2.24, 2.45) is 23.0 Å². The summed E-state index contributed by atoms with van der Waals surface area (Å²) in [7, 11) is 0. The summed E-state index contributed by atoms with van der Waals surface area (Å²) < 4.78 is 0. The summed E-state index contributed by atoms with van der Waals surface area (Å²) in [4.78, 5) is 38.9. The van der Waals surface area contributed by atoms with E-state index in [1.54, 1.807) is 4.90 Å². The van der Waals surface area contributed by atoms with Crippen LogP contribution in [0.15, 0.2) is 0 Å². The third-order valence-electron chi connectivity index (χ3n) is 5.41. The van der Waals surface area contributed by atoms with Crippen LogP contribution in [0, 0.1) is 17.3 Å². The summed E-state index contributed by atoms with van der Waals surface area (Å²) in [5.74, 6) is -0.0785. The van der Waals surface area contributed by atoms with E-state index in [1.165, 1.54) is 0 Å². The number of aldehydes is 1. The average molecular weight is 368 g/mol. The van der Waals surface area contributed by atoms with Crippen molar-refractivity contribution < 1.29 is 14.4 Å². The summed E-state index contributed by atoms with van der Waals surface area (Å²) in [6.45, 7) is 12.5. The van der Waals surface area contributed by atoms with Crippen molar-refractivity contribution in [3.05, 3.63) is 0 Å². The first kappa shape index (κ1) is 22.6. The van der Waals surface area contributed by atoms with Crippen molar-refractivity contribution in [2.75, 3.05) is 6.54 Å². The molecule has 0 spiro atoms. The van der Waals surface area contributed by atoms with E-state index in [1.807, 2.05) is 27.7 Å². The number of hydrogen-bond donors (Lipinski definition) is 2. The molecule has 6 nitrogen and oxygen atoms in total. The minimum atomic E-state index is -0.661. The van der Waals surface area contributed by atoms with Gasteiger partial charge in [0.05, 0.1) is 12.1 Å². The van der Waals surface area contributed by atoms with E-state index in [0.29, 0.717) is 13.0 Å². The van der Waals surface area contributed by atoms with Crippen LogP contribution in [0.2, 0.25) is 0 Å². The average Bonchev–Trinajstić information content (AvgIpc) is 3.01. The maximum absolute atomic E-state index is 13.0. The number of likely N-dealkylation sites (tertiary alicyclic amines) is 1. The Balaban J connectivity index is 3.00. The van der Waals surface area contributed by atoms with Crippen LogP contribution in [0.3, 0.4) is 0 Å². The first-order valence-electron chi connectivity index (χ1n) is 9.86. The molecule has 1 aliphatic heterocycles. The highest BCUT2D eigenvalue weighted by molar-refractivity contribution is 5.92. The van der Waals surface area contributed by atoms with E-state index >= 15 is 0 Å². The van der Waals surface area contributed by atoms with Gasteiger partial charge < -0.3 is 20.7 Å². The van der Waals surface area contributed by atoms with Crippen LogP contribution in [0.1, 0.15) is 67.2 Å². The largest absolute Gasteiger partial charge is 0.345 e. The van der Waals surface area contributed by atoms with Gasteiger partial charge >= 0.3 is 0 Å². The second kappa shape index (κ2) is 9.49. The summed E-state index contributed by atoms with van der Waals surface area (Å²) >= 11 is 0. The predicted molar refractivity (Wildman–Crippen MR) is 103 cm³/mol. The predicted octanol–water partition coefficient (Wildman–Crippen LogP) is 2.11. The molecule has 0 radical (unpaired) electrons. The minimum Gasteiger partial charge on any atom is -0.345 e. The fourth-order valence-electron chi connectivity index (χ4n) is 3.51. The van der Waals surface area contributed by atoms with Crippen LogP contribution in [-0.2, 0) is 14.4 Å². The Bertz CT molecular complexity index is 499. The lowest BCUT2D eigenvalue weighted by Gasteiger charge is -2.34. The fourth-order valence-corrected chi connectivity index (χ4v) is 3.51. The molecule has 150 valence electrons. The molecule has 3 N–H and O–H groups in total. The Kier molecular flexibility index (Phi) is 8.25. The zero-order chi connectivity index (χ0) is 20.1. The van der Waals surface area contributed by atoms with Gasteiger partial charge in [-0.25, -0.2) is 0 Å². The molecule has 0 aromatic carbocycles. The third-order valence-corrected chi connectivity index (χ3v) is 5.41. The molecule has 4 atom stereocenters. The van der Waals surface area contributed by atoms with Gasteiger partial charge in [0, 0.05) is 6.54 Å². The standard InChI is InChI=1S/C20H37N3O3/c1-7-8-9-14(12-24)22-18(25)16-15(13(2)3)10-11-23(16)19(26)17(21)20(4,5)6/h12-17H,7-11,21H2,1-6H3,(H,22,25)/t14?,15-,16+,17-/m1/s1. The molecule has 1 unspecified atom stereocenters. The highest BCUT2D eigenvalue weighted by atomic mass is 16.2. The van der Waals surface area contributed by atoms with Gasteiger partial charge in [0.2, 0.25) is 11.8 Å². The lowest BCUT2D eigenvalue weighted by Crippen LogP contribution is -2.57. The van der Waals surface area contributed by atoms with Gasteiger partial charge in [0.15, 0.2) is 0 Å². The Morgan fingerprint density at radius 1 is 1.31 bits per heavy atom. The van der Waals surface area contributed by atoms with E-state index in [4.69, 9.17) is 5.73 Å². The van der Waals surface area contributed by atoms with Crippen molar-refractivity contribution in [3.8, 4) is 0 Å². The number of carbonyl (C=O) groups is 3. The molecule has 1 aliphatic rings. The number of nitrogens with zero attached hydrogens (tertiary/aromatic N) is 1. The van der Waals surface area contributed by atoms with Crippen molar-refractivity contribution in [1.29, 1.82) is 0 Å². The van der Waals surface area contributed by atoms with E-state index < -0.39 is 18.1 Å². The normalized spacial score (nSPS) is 23.0. The van der Waals surface area contributed by atoms with Gasteiger partial charge in [-0.3, -0.25) is 9.59 Å². The van der Waals surface area contributed by atoms with Crippen LogP contribution in [-0.4, -0.2) is 47.7 Å². The van der Waals surface area contributed by atoms with Crippen LogP contribution >= 0.6 is 0 Å². The summed E-state index contributed by atoms with van der Waals surface area (Å²) in [5.41, 5.74) is 5.80. The molecule has 1 rings (SSSR count). The van der Waals surface area contributed by atoms with Gasteiger partial charge in [0.25, 0.3) is 0 Å². The van der Waals surface area contributed by atoms with Crippen molar-refractivity contribution in [2.45, 2.75) is 85.4 Å². The lowest BCUT2D eigenvalue weighted by atomic mass is 9.85. The Morgan fingerprint density at radius 2 is 1.92 bits per heavy atom. The minimum absolute atomic E-state index is 0.0737. The molecule has 0 aliphatic carbocycles. The molecular weight excluding hydrogens is 330 g/mol. The van der Waals surface area contributed by atoms with E-state index in [-0.39, 0.29) is 29.1 Å². The van der Waals surface area contributed by atoms with Crippen molar-refractivity contribution >= 4 is 18.1 Å². The Morgan fingerprint density at radius 3 is 2.38 bits per heavy atom. The van der Waals surface area contributed by atoms with Gasteiger partial charge in [-0.05, 0) is 30.1 Å². The maximum atomic E-state index is 13.0. The number of rotatable bonds is 8. The summed E-state index contributed by atoms with van der Waals surface area (Å²) in [6.07, 6.45) is 4.03. The topological polar surface area (TPSA) is 92.5 Å². The number of nitrogens with two attached hydrogens (primary N) is 1. The molecule has 6 heteroatoms. The summed E-state index contributed by atoms with van der Waals surface area (Å²) in [6, 6.07) is -1.71. The van der Waals surface area contributed by atoms with Crippen LogP contribution in [0.4, 0.5) is 0 Å². The van der Waals surface area contributed by atoms with Crippen LogP contribution in [0.25, 0.3) is 0 Å². The number of carbonyl (C=O) groups excluding carboxylic acids is 3. The first-order valence-corrected chi connectivity index (χ1v) is 9.86. The van der Waals surface area contributed by atoms with Gasteiger partial charge in [0.1, 0.15) is 12.3 Å². The SMILES string of the molecule is CCCCC(C=O)NC(=O)[C@@H]1[C@@H](C(C)C)CCN1C(=O)[C@@H](N)C(C)(C)C. The smallest absolute Gasteiger partial charge is 0.243 e. The summed E-state index contributed by atoms with van der Waals surface area (Å²) in [5, 5.41) is 2.85. The monoisotopic (exact) mass is 367 g/mol. The molecule has 0 aromatic heterocycles. The molecule has 0 aromatic rings. The van der Waals surface area contributed by atoms with E-state index in [0.717, 1.165) is 25.5 Å². The second-order valence-electron chi connectivity index (χ2n) is 8.91. The number of nitrogens with one attached hydrogen (secondary N) is 1. The number of amides is 2. The molecule has 1 saturated heterocycles. The van der Waals surface area contributed by atoms with Crippen molar-refractivity contribution in [1.82, 2.24) is 10.2 Å². The molecule has 1 fully saturated rings. The van der Waals surface area contributed by atoms with Crippen LogP contribution < -0.4 is 11.1 Å². The van der Waals surface area contributed by atoms with Gasteiger partial charge in [-0.15, -0.1) is 0 Å². The van der Waals surface area contributed by atoms with Crippen molar-refractivity contribution in [3.63, 3.8) is 0 Å². The third kappa shape index (κ3) is 5.53. The molecule has 26 heavy (non-hydrogen) atoms. The molecule has 0 bridgehead atoms. The van der Waals surface area contributed by atoms with E-state index in [2.05, 4.69) is 19.2 Å². The highest BCUT2D eigenvalue weighted by Gasteiger charge is 2.45. The zero-order valence-electron chi connectivity index (χ0n) is 17.2. The van der Waals surface area contributed by atoms with E-state index in [9.17, 15) is 14.4 Å². The molecule has 2 amide bonds. The first-order chi connectivity index (χ1) is 12.0. The van der Waals surface area contributed by atoms with Crippen LogP contribution in [0.5, 0.6) is 0 Å². The number of unbranched alkanes of at least 4 members (excludes halogenated alkanes) is 1. The molecule has 1 heterocycles. The molecular formula is C20H37N3O3. The van der Waals surface area contributed by atoms with Gasteiger partial charge in [-0.2, -0.15) is 0 Å². The second-order valence-corrected chi connectivity index (χ2v) is 8.91. The quantitative estimate of drug-likeness (QED) is 0.643. The highest BCUT2D eigenvalue weighted by Crippen LogP contribution is 2.32. The Hall–Kier alpha value is -1.43. The zero-order valence-corrected chi connectivity index (χ0v) is 17.2. The number of hydrogen-bond acceptors (Lipinski definition) is 4. The lowest BCUT2D eigenvalue weighted by molar-refractivity contribution is -0.142.